The van der Waals surface area contributed by atoms with Crippen molar-refractivity contribution in [3.8, 4) is 0 Å². The van der Waals surface area contributed by atoms with Crippen molar-refractivity contribution in [2.24, 2.45) is 11.8 Å². The van der Waals surface area contributed by atoms with Crippen LogP contribution in [0.15, 0.2) is 24.3 Å². The molecule has 0 unspecified atom stereocenters. The normalized spacial score (nSPS) is 21.2. The van der Waals surface area contributed by atoms with Gasteiger partial charge in [0.2, 0.25) is 17.7 Å². The molecule has 148 valence electrons. The molecule has 10 heteroatoms. The van der Waals surface area contributed by atoms with Crippen LogP contribution in [0.1, 0.15) is 42.5 Å². The van der Waals surface area contributed by atoms with Gasteiger partial charge in [0.05, 0.1) is 16.8 Å². The van der Waals surface area contributed by atoms with Crippen molar-refractivity contribution >= 4 is 29.3 Å². The predicted octanol–water partition coefficient (Wildman–Crippen LogP) is 0.921. The molecule has 1 aliphatic carbocycles. The molecule has 0 spiro atoms. The Morgan fingerprint density at radius 3 is 2.36 bits per heavy atom. The molecule has 10 nitrogen and oxygen atoms in total. The van der Waals surface area contributed by atoms with E-state index in [-0.39, 0.29) is 47.9 Å². The molecule has 2 aliphatic rings. The van der Waals surface area contributed by atoms with E-state index >= 15 is 0 Å². The Kier molecular flexibility index (Phi) is 5.67. The first kappa shape index (κ1) is 19.5. The summed E-state index contributed by atoms with van der Waals surface area (Å²) in [6.45, 7) is -0.0385. The summed E-state index contributed by atoms with van der Waals surface area (Å²) >= 11 is 0. The number of nitro benzene ring substituents is 1. The van der Waals surface area contributed by atoms with Crippen LogP contribution in [0.4, 0.5) is 5.69 Å². The summed E-state index contributed by atoms with van der Waals surface area (Å²) in [5.74, 6) is -2.26. The molecule has 2 N–H and O–H groups in total. The number of nitrogens with zero attached hydrogens (tertiary/aromatic N) is 2. The fraction of sp³-hybridized carbons (Fsp3) is 0.444. The molecule has 2 fully saturated rings. The van der Waals surface area contributed by atoms with Crippen molar-refractivity contribution in [2.45, 2.75) is 32.1 Å². The molecular weight excluding hydrogens is 368 g/mol. The molecule has 2 atom stereocenters. The zero-order chi connectivity index (χ0) is 20.3. The van der Waals surface area contributed by atoms with Crippen molar-refractivity contribution in [1.82, 2.24) is 15.8 Å². The van der Waals surface area contributed by atoms with Crippen molar-refractivity contribution in [3.05, 3.63) is 39.9 Å². The molecule has 1 heterocycles. The second kappa shape index (κ2) is 8.15. The molecule has 1 aliphatic heterocycles. The topological polar surface area (TPSA) is 139 Å². The van der Waals surface area contributed by atoms with Crippen molar-refractivity contribution < 1.29 is 24.1 Å². The highest BCUT2D eigenvalue weighted by atomic mass is 16.6. The lowest BCUT2D eigenvalue weighted by atomic mass is 9.81. The smallest absolute Gasteiger partial charge is 0.270 e. The molecule has 4 amide bonds. The number of likely N-dealkylation sites (tertiary alicyclic amines) is 1. The molecule has 0 aromatic heterocycles. The van der Waals surface area contributed by atoms with Gasteiger partial charge in [-0.1, -0.05) is 18.9 Å². The van der Waals surface area contributed by atoms with Crippen molar-refractivity contribution in [1.29, 1.82) is 0 Å². The summed E-state index contributed by atoms with van der Waals surface area (Å²) in [5, 5.41) is 10.7. The van der Waals surface area contributed by atoms with Crippen LogP contribution in [0.25, 0.3) is 0 Å². The first-order valence-electron chi connectivity index (χ1n) is 9.07. The van der Waals surface area contributed by atoms with Gasteiger partial charge in [-0.25, -0.2) is 0 Å². The predicted molar refractivity (Wildman–Crippen MR) is 95.5 cm³/mol. The molecule has 3 rings (SSSR count). The van der Waals surface area contributed by atoms with E-state index in [9.17, 15) is 29.3 Å². The van der Waals surface area contributed by atoms with Gasteiger partial charge in [-0.05, 0) is 18.9 Å². The van der Waals surface area contributed by atoms with Crippen LogP contribution in [0, 0.1) is 22.0 Å². The number of rotatable bonds is 5. The van der Waals surface area contributed by atoms with Gasteiger partial charge in [0.15, 0.2) is 0 Å². The first-order chi connectivity index (χ1) is 13.4. The van der Waals surface area contributed by atoms with Crippen LogP contribution in [0.3, 0.4) is 0 Å². The van der Waals surface area contributed by atoms with Gasteiger partial charge in [-0.15, -0.1) is 0 Å². The number of amides is 4. The van der Waals surface area contributed by atoms with Crippen LogP contribution in [0.2, 0.25) is 0 Å². The van der Waals surface area contributed by atoms with Crippen LogP contribution in [0.5, 0.6) is 0 Å². The second-order valence-electron chi connectivity index (χ2n) is 6.89. The number of nitrogens with one attached hydrogen (secondary N) is 2. The quantitative estimate of drug-likeness (QED) is 0.437. The minimum Gasteiger partial charge on any atom is -0.282 e. The van der Waals surface area contributed by atoms with Gasteiger partial charge in [-0.2, -0.15) is 0 Å². The van der Waals surface area contributed by atoms with E-state index in [1.54, 1.807) is 0 Å². The van der Waals surface area contributed by atoms with Gasteiger partial charge in [0, 0.05) is 30.7 Å². The monoisotopic (exact) mass is 388 g/mol. The van der Waals surface area contributed by atoms with Crippen LogP contribution in [-0.2, 0) is 14.4 Å². The van der Waals surface area contributed by atoms with Gasteiger partial charge in [-0.3, -0.25) is 45.0 Å². The lowest BCUT2D eigenvalue weighted by Gasteiger charge is -2.19. The number of fused-ring (bicyclic) bond motifs is 1. The minimum absolute atomic E-state index is 0.0171. The summed E-state index contributed by atoms with van der Waals surface area (Å²) in [6, 6.07) is 5.07. The standard InChI is InChI=1S/C18H20N4O6/c23-15(19-20-16(24)11-4-3-5-12(10-11)22(27)28)8-9-21-17(25)13-6-1-2-7-14(13)18(21)26/h3-5,10,13-14H,1-2,6-9H2,(H,19,23)(H,20,24)/t13-,14-/m1/s1. The van der Waals surface area contributed by atoms with Gasteiger partial charge in [0.25, 0.3) is 11.6 Å². The zero-order valence-corrected chi connectivity index (χ0v) is 15.1. The van der Waals surface area contributed by atoms with Crippen LogP contribution >= 0.6 is 0 Å². The lowest BCUT2D eigenvalue weighted by Crippen LogP contribution is -2.43. The molecule has 0 radical (unpaired) electrons. The summed E-state index contributed by atoms with van der Waals surface area (Å²) in [4.78, 5) is 59.9. The number of hydrogen-bond acceptors (Lipinski definition) is 6. The Hall–Kier alpha value is -3.30. The van der Waals surface area contributed by atoms with E-state index in [0.717, 1.165) is 23.8 Å². The number of hydrogen-bond donors (Lipinski definition) is 2. The number of imide groups is 1. The fourth-order valence-corrected chi connectivity index (χ4v) is 3.69. The number of hydrazine groups is 1. The van der Waals surface area contributed by atoms with E-state index < -0.39 is 16.7 Å². The number of benzene rings is 1. The maximum atomic E-state index is 12.3. The van der Waals surface area contributed by atoms with E-state index in [0.29, 0.717) is 12.8 Å². The van der Waals surface area contributed by atoms with Gasteiger partial charge >= 0.3 is 0 Å². The Morgan fingerprint density at radius 1 is 1.11 bits per heavy atom. The van der Waals surface area contributed by atoms with Crippen LogP contribution in [-0.4, -0.2) is 40.0 Å². The van der Waals surface area contributed by atoms with Crippen molar-refractivity contribution in [2.75, 3.05) is 6.54 Å². The lowest BCUT2D eigenvalue weighted by molar-refractivity contribution is -0.384. The SMILES string of the molecule is O=C(CCN1C(=O)[C@@H]2CCCC[C@H]2C1=O)NNC(=O)c1cccc([N+](=O)[O-])c1. The Morgan fingerprint density at radius 2 is 1.75 bits per heavy atom. The Labute approximate surface area is 160 Å². The highest BCUT2D eigenvalue weighted by Crippen LogP contribution is 2.37. The average molecular weight is 388 g/mol. The number of carbonyl (C=O) groups is 4. The largest absolute Gasteiger partial charge is 0.282 e. The fourth-order valence-electron chi connectivity index (χ4n) is 3.69. The second-order valence-corrected chi connectivity index (χ2v) is 6.89. The van der Waals surface area contributed by atoms with Gasteiger partial charge in [0.1, 0.15) is 0 Å². The average Bonchev–Trinajstić information content (AvgIpc) is 2.95. The van der Waals surface area contributed by atoms with E-state index in [1.807, 2.05) is 0 Å². The summed E-state index contributed by atoms with van der Waals surface area (Å²) < 4.78 is 0. The van der Waals surface area contributed by atoms with Crippen molar-refractivity contribution in [3.63, 3.8) is 0 Å². The number of non-ortho nitro benzene ring substituents is 1. The van der Waals surface area contributed by atoms with E-state index in [2.05, 4.69) is 10.9 Å². The third-order valence-corrected chi connectivity index (χ3v) is 5.13. The maximum Gasteiger partial charge on any atom is 0.270 e. The molecule has 1 aromatic carbocycles. The Balaban J connectivity index is 1.49. The number of carbonyl (C=O) groups excluding carboxylic acids is 4. The Bertz CT molecular complexity index is 815. The van der Waals surface area contributed by atoms with E-state index in [4.69, 9.17) is 0 Å². The molecule has 28 heavy (non-hydrogen) atoms. The third kappa shape index (κ3) is 4.00. The highest BCUT2D eigenvalue weighted by Gasteiger charge is 2.47. The summed E-state index contributed by atoms with van der Waals surface area (Å²) in [5.41, 5.74) is 4.12. The van der Waals surface area contributed by atoms with Gasteiger partial charge < -0.3 is 0 Å². The minimum atomic E-state index is -0.712. The summed E-state index contributed by atoms with van der Waals surface area (Å²) in [6.07, 6.45) is 3.12. The molecule has 1 aromatic rings. The zero-order valence-electron chi connectivity index (χ0n) is 15.1. The molecule has 0 bridgehead atoms. The molecule has 1 saturated carbocycles. The highest BCUT2D eigenvalue weighted by molar-refractivity contribution is 6.05. The van der Waals surface area contributed by atoms with E-state index in [1.165, 1.54) is 18.2 Å². The molecule has 1 saturated heterocycles. The molecular formula is C18H20N4O6. The maximum absolute atomic E-state index is 12.3. The number of nitro groups is 1. The third-order valence-electron chi connectivity index (χ3n) is 5.13. The summed E-state index contributed by atoms with van der Waals surface area (Å²) in [7, 11) is 0. The van der Waals surface area contributed by atoms with Crippen LogP contribution < -0.4 is 10.9 Å². The first-order valence-corrected chi connectivity index (χ1v) is 9.07.